The van der Waals surface area contributed by atoms with E-state index >= 15 is 0 Å². The van der Waals surface area contributed by atoms with Crippen LogP contribution >= 0.6 is 94.1 Å². The van der Waals surface area contributed by atoms with E-state index in [0.29, 0.717) is 0 Å². The molecule has 2 aliphatic rings. The molecule has 24 heavy (non-hydrogen) atoms. The molecule has 0 N–H and O–H groups in total. The summed E-state index contributed by atoms with van der Waals surface area (Å²) in [5, 5.41) is -0.592. The van der Waals surface area contributed by atoms with Crippen LogP contribution in [0.1, 0.15) is 13.8 Å². The summed E-state index contributed by atoms with van der Waals surface area (Å²) < 4.78 is 7.54. The number of hydrogen-bond donors (Lipinski definition) is 0. The van der Waals surface area contributed by atoms with Gasteiger partial charge in [0.05, 0.1) is 25.4 Å². The van der Waals surface area contributed by atoms with Gasteiger partial charge in [0.2, 0.25) is 0 Å². The van der Waals surface area contributed by atoms with Crippen molar-refractivity contribution >= 4 is 106 Å². The van der Waals surface area contributed by atoms with Gasteiger partial charge in [0.15, 0.2) is 11.6 Å². The fraction of sp³-hybridized carbons (Fsp3) is 0.429. The lowest BCUT2D eigenvalue weighted by Gasteiger charge is -2.10. The molecular formula is C14H16O2S8. The normalized spacial score (nSPS) is 18.4. The molecule has 0 aliphatic carbocycles. The van der Waals surface area contributed by atoms with Gasteiger partial charge in [0.1, 0.15) is 5.25 Å². The first-order chi connectivity index (χ1) is 11.4. The first kappa shape index (κ1) is 21.7. The zero-order valence-corrected chi connectivity index (χ0v) is 20.2. The van der Waals surface area contributed by atoms with Crippen LogP contribution < -0.4 is 0 Å². The molecule has 0 saturated heterocycles. The van der Waals surface area contributed by atoms with Crippen molar-refractivity contribution in [1.82, 2.24) is 0 Å². The topological polar surface area (TPSA) is 34.1 Å². The maximum absolute atomic E-state index is 11.8. The summed E-state index contributed by atoms with van der Waals surface area (Å²) in [5.41, 5.74) is 0. The van der Waals surface area contributed by atoms with Crippen LogP contribution in [-0.4, -0.2) is 35.6 Å². The van der Waals surface area contributed by atoms with E-state index in [4.69, 9.17) is 0 Å². The van der Waals surface area contributed by atoms with Gasteiger partial charge in [0.25, 0.3) is 0 Å². The van der Waals surface area contributed by atoms with Gasteiger partial charge in [0, 0.05) is 0 Å². The van der Waals surface area contributed by atoms with Crippen LogP contribution in [0.5, 0.6) is 0 Å². The van der Waals surface area contributed by atoms with Gasteiger partial charge in [-0.05, 0) is 32.6 Å². The first-order valence-corrected chi connectivity index (χ1v) is 14.5. The molecule has 0 aromatic heterocycles. The Morgan fingerprint density at radius 3 is 1.38 bits per heavy atom. The number of ketones is 2. The molecule has 0 saturated carbocycles. The van der Waals surface area contributed by atoms with Crippen LogP contribution in [0.25, 0.3) is 0 Å². The second-order valence-electron chi connectivity index (χ2n) is 4.46. The molecule has 0 unspecified atom stereocenters. The minimum absolute atomic E-state index is 0.0761. The number of hydrogen-bond acceptors (Lipinski definition) is 10. The molecule has 2 heterocycles. The number of thioether (sulfide) groups is 8. The Kier molecular flexibility index (Phi) is 9.07. The van der Waals surface area contributed by atoms with Gasteiger partial charge >= 0.3 is 0 Å². The third-order valence-corrected chi connectivity index (χ3v) is 14.3. The van der Waals surface area contributed by atoms with Crippen molar-refractivity contribution in [2.24, 2.45) is 0 Å². The molecule has 0 aromatic rings. The van der Waals surface area contributed by atoms with Crippen LogP contribution in [0.3, 0.4) is 0 Å². The first-order valence-electron chi connectivity index (χ1n) is 6.65. The highest BCUT2D eigenvalue weighted by Crippen LogP contribution is 2.65. The van der Waals surface area contributed by atoms with Gasteiger partial charge in [-0.25, -0.2) is 0 Å². The minimum Gasteiger partial charge on any atom is -0.298 e. The zero-order chi connectivity index (χ0) is 17.9. The molecule has 10 heteroatoms. The Hall–Kier alpha value is 1.36. The third-order valence-electron chi connectivity index (χ3n) is 2.76. The van der Waals surface area contributed by atoms with E-state index in [9.17, 15) is 9.59 Å². The maximum Gasteiger partial charge on any atom is 0.150 e. The van der Waals surface area contributed by atoms with E-state index < -0.39 is 5.25 Å². The van der Waals surface area contributed by atoms with Crippen molar-refractivity contribution in [3.05, 3.63) is 25.4 Å². The Labute approximate surface area is 177 Å². The number of carbonyl (C=O) groups excluding carboxylic acids is 2. The Bertz CT molecular complexity index is 617. The number of Topliss-reactive ketones (excluding diaryl/α,β-unsaturated/α-hetero) is 2. The molecular weight excluding hydrogens is 457 g/mol. The van der Waals surface area contributed by atoms with Crippen molar-refractivity contribution in [1.29, 1.82) is 0 Å². The summed E-state index contributed by atoms with van der Waals surface area (Å²) in [5.74, 6) is -0.152. The SMILES string of the molecule is CSC1=C(SC)SC(=C2SC(SC)=C(SC(C(C)=O)C(C)=O)S2)S1. The van der Waals surface area contributed by atoms with E-state index in [1.807, 2.05) is 29.8 Å². The molecule has 0 bridgehead atoms. The third kappa shape index (κ3) is 5.21. The van der Waals surface area contributed by atoms with Crippen molar-refractivity contribution in [3.63, 3.8) is 0 Å². The van der Waals surface area contributed by atoms with Crippen LogP contribution in [0.4, 0.5) is 0 Å². The molecule has 0 aromatic carbocycles. The van der Waals surface area contributed by atoms with Gasteiger partial charge in [-0.15, -0.1) is 35.3 Å². The highest BCUT2D eigenvalue weighted by Gasteiger charge is 2.32. The zero-order valence-electron chi connectivity index (χ0n) is 13.7. The van der Waals surface area contributed by atoms with E-state index in [0.717, 1.165) is 4.24 Å². The van der Waals surface area contributed by atoms with Crippen molar-refractivity contribution in [3.8, 4) is 0 Å². The van der Waals surface area contributed by atoms with E-state index in [1.165, 1.54) is 46.8 Å². The average Bonchev–Trinajstić information content (AvgIpc) is 3.14. The second kappa shape index (κ2) is 10.1. The van der Waals surface area contributed by atoms with Crippen LogP contribution in [-0.2, 0) is 9.59 Å². The Morgan fingerprint density at radius 2 is 1.04 bits per heavy atom. The summed E-state index contributed by atoms with van der Waals surface area (Å²) in [6.45, 7) is 2.99. The lowest BCUT2D eigenvalue weighted by Crippen LogP contribution is -2.22. The van der Waals surface area contributed by atoms with Crippen molar-refractivity contribution in [2.45, 2.75) is 19.1 Å². The smallest absolute Gasteiger partial charge is 0.150 e. The van der Waals surface area contributed by atoms with Crippen LogP contribution in [0, 0.1) is 0 Å². The maximum atomic E-state index is 11.8. The molecule has 0 spiro atoms. The summed E-state index contributed by atoms with van der Waals surface area (Å²) in [4.78, 5) is 23.5. The highest BCUT2D eigenvalue weighted by atomic mass is 32.3. The van der Waals surface area contributed by atoms with Gasteiger partial charge in [-0.2, -0.15) is 0 Å². The summed E-state index contributed by atoms with van der Waals surface area (Å²) in [6, 6.07) is 0. The quantitative estimate of drug-likeness (QED) is 0.373. The lowest BCUT2D eigenvalue weighted by molar-refractivity contribution is -0.123. The van der Waals surface area contributed by atoms with E-state index in [2.05, 4.69) is 12.5 Å². The standard InChI is InChI=1S/C14H16O2S8/c1-6(15)8(7(2)16)20-12-11(19-5)23-14(24-12)13-21-9(17-3)10(18-4)22-13/h8H,1-5H3. The van der Waals surface area contributed by atoms with Crippen molar-refractivity contribution < 1.29 is 9.59 Å². The molecule has 2 nitrogen and oxygen atoms in total. The predicted molar refractivity (Wildman–Crippen MR) is 125 cm³/mol. The Balaban J connectivity index is 2.18. The number of rotatable bonds is 7. The Morgan fingerprint density at radius 1 is 0.708 bits per heavy atom. The fourth-order valence-corrected chi connectivity index (χ4v) is 12.4. The predicted octanol–water partition coefficient (Wildman–Crippen LogP) is 6.70. The largest absolute Gasteiger partial charge is 0.298 e. The van der Waals surface area contributed by atoms with Gasteiger partial charge in [-0.1, -0.05) is 58.8 Å². The van der Waals surface area contributed by atoms with Crippen molar-refractivity contribution in [2.75, 3.05) is 18.8 Å². The lowest BCUT2D eigenvalue weighted by atomic mass is 10.2. The monoisotopic (exact) mass is 472 g/mol. The molecule has 2 rings (SSSR count). The summed E-state index contributed by atoms with van der Waals surface area (Å²) in [6.07, 6.45) is 6.26. The molecule has 0 radical (unpaired) electrons. The average molecular weight is 473 g/mol. The second-order valence-corrected chi connectivity index (χ2v) is 13.7. The van der Waals surface area contributed by atoms with E-state index in [-0.39, 0.29) is 11.6 Å². The molecule has 0 atom stereocenters. The molecule has 2 aliphatic heterocycles. The molecule has 0 amide bonds. The summed E-state index contributed by atoms with van der Waals surface area (Å²) >= 11 is 13.8. The highest BCUT2D eigenvalue weighted by molar-refractivity contribution is 8.45. The molecule has 0 fully saturated rings. The fourth-order valence-electron chi connectivity index (χ4n) is 1.72. The van der Waals surface area contributed by atoms with E-state index in [1.54, 1.807) is 58.8 Å². The number of carbonyl (C=O) groups is 2. The minimum atomic E-state index is -0.592. The van der Waals surface area contributed by atoms with Gasteiger partial charge in [-0.3, -0.25) is 9.59 Å². The summed E-state index contributed by atoms with van der Waals surface area (Å²) in [7, 11) is 0. The van der Waals surface area contributed by atoms with Crippen LogP contribution in [0.15, 0.2) is 25.4 Å². The molecule has 132 valence electrons. The van der Waals surface area contributed by atoms with Gasteiger partial charge < -0.3 is 0 Å². The van der Waals surface area contributed by atoms with Crippen LogP contribution in [0.2, 0.25) is 0 Å².